The molecular formula is C23H22N2O5. The molecule has 7 nitrogen and oxygen atoms in total. The Morgan fingerprint density at radius 3 is 2.47 bits per heavy atom. The number of pyridine rings is 1. The third-order valence-corrected chi connectivity index (χ3v) is 4.29. The largest absolute Gasteiger partial charge is 0.496 e. The number of hydrogen-bond acceptors (Lipinski definition) is 6. The summed E-state index contributed by atoms with van der Waals surface area (Å²) in [6, 6.07) is 17.2. The molecule has 3 rings (SSSR count). The van der Waals surface area contributed by atoms with Gasteiger partial charge in [-0.05, 0) is 37.3 Å². The summed E-state index contributed by atoms with van der Waals surface area (Å²) >= 11 is 0. The summed E-state index contributed by atoms with van der Waals surface area (Å²) in [5.74, 6) is 0.394. The van der Waals surface area contributed by atoms with E-state index in [1.807, 2.05) is 31.2 Å². The summed E-state index contributed by atoms with van der Waals surface area (Å²) < 4.78 is 16.2. The van der Waals surface area contributed by atoms with Crippen LogP contribution in [0, 0.1) is 0 Å². The molecule has 0 aliphatic rings. The van der Waals surface area contributed by atoms with E-state index < -0.39 is 18.5 Å². The van der Waals surface area contributed by atoms with Gasteiger partial charge in [0, 0.05) is 11.8 Å². The highest BCUT2D eigenvalue weighted by atomic mass is 16.5. The number of rotatable bonds is 8. The van der Waals surface area contributed by atoms with E-state index in [4.69, 9.17) is 14.2 Å². The quantitative estimate of drug-likeness (QED) is 0.571. The van der Waals surface area contributed by atoms with E-state index >= 15 is 0 Å². The zero-order chi connectivity index (χ0) is 21.3. The van der Waals surface area contributed by atoms with Crippen LogP contribution in [0.3, 0.4) is 0 Å². The second kappa shape index (κ2) is 10.1. The molecule has 0 saturated carbocycles. The molecule has 0 saturated heterocycles. The van der Waals surface area contributed by atoms with Crippen molar-refractivity contribution in [2.45, 2.75) is 13.0 Å². The maximum absolute atomic E-state index is 12.5. The Labute approximate surface area is 174 Å². The Morgan fingerprint density at radius 2 is 1.73 bits per heavy atom. The Balaban J connectivity index is 1.60. The molecular weight excluding hydrogens is 384 g/mol. The third kappa shape index (κ3) is 5.35. The fraction of sp³-hybridized carbons (Fsp3) is 0.174. The number of esters is 1. The van der Waals surface area contributed by atoms with Crippen molar-refractivity contribution in [3.8, 4) is 17.2 Å². The van der Waals surface area contributed by atoms with Crippen LogP contribution < -0.4 is 14.8 Å². The number of aromatic nitrogens is 1. The molecule has 1 amide bonds. The van der Waals surface area contributed by atoms with Gasteiger partial charge in [-0.2, -0.15) is 0 Å². The number of ether oxygens (including phenoxy) is 3. The highest BCUT2D eigenvalue weighted by Gasteiger charge is 2.18. The van der Waals surface area contributed by atoms with Crippen molar-refractivity contribution >= 4 is 11.9 Å². The summed E-state index contributed by atoms with van der Waals surface area (Å²) in [5, 5.41) is 2.80. The zero-order valence-electron chi connectivity index (χ0n) is 16.7. The van der Waals surface area contributed by atoms with Crippen LogP contribution >= 0.6 is 0 Å². The van der Waals surface area contributed by atoms with Crippen molar-refractivity contribution in [2.75, 3.05) is 13.7 Å². The SMILES string of the molecule is COc1ccccc1C(C)NC(=O)COC(=O)c1ccccc1Oc1cccnc1. The lowest BCUT2D eigenvalue weighted by atomic mass is 10.1. The Hall–Kier alpha value is -3.87. The van der Waals surface area contributed by atoms with Crippen LogP contribution in [0.1, 0.15) is 28.9 Å². The number of amides is 1. The van der Waals surface area contributed by atoms with Crippen LogP contribution in [0.5, 0.6) is 17.2 Å². The Morgan fingerprint density at radius 1 is 1.00 bits per heavy atom. The lowest BCUT2D eigenvalue weighted by Crippen LogP contribution is -2.31. The number of benzene rings is 2. The zero-order valence-corrected chi connectivity index (χ0v) is 16.7. The van der Waals surface area contributed by atoms with Gasteiger partial charge in [0.1, 0.15) is 22.8 Å². The molecule has 0 aliphatic heterocycles. The van der Waals surface area contributed by atoms with Gasteiger partial charge in [-0.3, -0.25) is 9.78 Å². The van der Waals surface area contributed by atoms with E-state index in [9.17, 15) is 9.59 Å². The van der Waals surface area contributed by atoms with Gasteiger partial charge in [0.25, 0.3) is 5.91 Å². The number of hydrogen-bond donors (Lipinski definition) is 1. The van der Waals surface area contributed by atoms with Crippen molar-refractivity contribution in [3.63, 3.8) is 0 Å². The van der Waals surface area contributed by atoms with Crippen molar-refractivity contribution < 1.29 is 23.8 Å². The molecule has 0 spiro atoms. The average Bonchev–Trinajstić information content (AvgIpc) is 2.78. The Bertz CT molecular complexity index is 1010. The number of para-hydroxylation sites is 2. The molecule has 0 bridgehead atoms. The average molecular weight is 406 g/mol. The summed E-state index contributed by atoms with van der Waals surface area (Å²) in [5.41, 5.74) is 1.04. The number of carbonyl (C=O) groups excluding carboxylic acids is 2. The fourth-order valence-corrected chi connectivity index (χ4v) is 2.85. The van der Waals surface area contributed by atoms with E-state index in [-0.39, 0.29) is 11.6 Å². The van der Waals surface area contributed by atoms with Crippen molar-refractivity contribution in [1.82, 2.24) is 10.3 Å². The van der Waals surface area contributed by atoms with Crippen molar-refractivity contribution in [3.05, 3.63) is 84.2 Å². The first kappa shape index (κ1) is 20.9. The first-order chi connectivity index (χ1) is 14.6. The number of methoxy groups -OCH3 is 1. The molecule has 1 aromatic heterocycles. The molecule has 1 atom stereocenters. The lowest BCUT2D eigenvalue weighted by Gasteiger charge is -2.17. The van der Waals surface area contributed by atoms with Crippen LogP contribution in [0.4, 0.5) is 0 Å². The van der Waals surface area contributed by atoms with Gasteiger partial charge in [-0.15, -0.1) is 0 Å². The first-order valence-corrected chi connectivity index (χ1v) is 9.35. The predicted octanol–water partition coefficient (Wildman–Crippen LogP) is 3.92. The van der Waals surface area contributed by atoms with E-state index in [1.165, 1.54) is 6.20 Å². The van der Waals surface area contributed by atoms with Gasteiger partial charge in [0.05, 0.1) is 19.3 Å². The van der Waals surface area contributed by atoms with Crippen molar-refractivity contribution in [2.24, 2.45) is 0 Å². The van der Waals surface area contributed by atoms with Gasteiger partial charge in [0.15, 0.2) is 6.61 Å². The summed E-state index contributed by atoms with van der Waals surface area (Å²) in [4.78, 5) is 28.7. The number of carbonyl (C=O) groups is 2. The Kier molecular flexibility index (Phi) is 7.00. The number of nitrogens with zero attached hydrogens (tertiary/aromatic N) is 1. The molecule has 1 unspecified atom stereocenters. The van der Waals surface area contributed by atoms with Gasteiger partial charge in [-0.25, -0.2) is 4.79 Å². The van der Waals surface area contributed by atoms with E-state index in [1.54, 1.807) is 49.7 Å². The van der Waals surface area contributed by atoms with Crippen LogP contribution in [-0.4, -0.2) is 30.6 Å². The highest BCUT2D eigenvalue weighted by molar-refractivity contribution is 5.94. The topological polar surface area (TPSA) is 86.8 Å². The van der Waals surface area contributed by atoms with E-state index in [2.05, 4.69) is 10.3 Å². The van der Waals surface area contributed by atoms with E-state index in [0.717, 1.165) is 5.56 Å². The maximum atomic E-state index is 12.5. The summed E-state index contributed by atoms with van der Waals surface area (Å²) in [6.07, 6.45) is 3.16. The van der Waals surface area contributed by atoms with Gasteiger partial charge in [0.2, 0.25) is 0 Å². The second-order valence-electron chi connectivity index (χ2n) is 6.39. The molecule has 3 aromatic rings. The smallest absolute Gasteiger partial charge is 0.342 e. The van der Waals surface area contributed by atoms with Crippen LogP contribution in [0.25, 0.3) is 0 Å². The molecule has 2 aromatic carbocycles. The fourth-order valence-electron chi connectivity index (χ4n) is 2.85. The summed E-state index contributed by atoms with van der Waals surface area (Å²) in [6.45, 7) is 1.41. The minimum atomic E-state index is -0.658. The third-order valence-electron chi connectivity index (χ3n) is 4.29. The molecule has 0 fully saturated rings. The van der Waals surface area contributed by atoms with Crippen LogP contribution in [0.15, 0.2) is 73.1 Å². The normalized spacial score (nSPS) is 11.3. The molecule has 30 heavy (non-hydrogen) atoms. The van der Waals surface area contributed by atoms with Gasteiger partial charge >= 0.3 is 5.97 Å². The van der Waals surface area contributed by atoms with Crippen molar-refractivity contribution in [1.29, 1.82) is 0 Å². The molecule has 7 heteroatoms. The standard InChI is InChI=1S/C23H22N2O5/c1-16(18-9-3-5-11-20(18)28-2)25-22(26)15-29-23(27)19-10-4-6-12-21(19)30-17-8-7-13-24-14-17/h3-14,16H,15H2,1-2H3,(H,25,26). The minimum Gasteiger partial charge on any atom is -0.496 e. The van der Waals surface area contributed by atoms with Crippen LogP contribution in [-0.2, 0) is 9.53 Å². The highest BCUT2D eigenvalue weighted by Crippen LogP contribution is 2.26. The molecule has 1 N–H and O–H groups in total. The molecule has 154 valence electrons. The second-order valence-corrected chi connectivity index (χ2v) is 6.39. The minimum absolute atomic E-state index is 0.215. The van der Waals surface area contributed by atoms with Crippen LogP contribution in [0.2, 0.25) is 0 Å². The van der Waals surface area contributed by atoms with Gasteiger partial charge in [-0.1, -0.05) is 30.3 Å². The molecule has 0 aliphatic carbocycles. The van der Waals surface area contributed by atoms with Gasteiger partial charge < -0.3 is 19.5 Å². The first-order valence-electron chi connectivity index (χ1n) is 9.35. The lowest BCUT2D eigenvalue weighted by molar-refractivity contribution is -0.124. The molecule has 0 radical (unpaired) electrons. The predicted molar refractivity (Wildman–Crippen MR) is 111 cm³/mol. The summed E-state index contributed by atoms with van der Waals surface area (Å²) in [7, 11) is 1.57. The molecule has 1 heterocycles. The maximum Gasteiger partial charge on any atom is 0.342 e. The van der Waals surface area contributed by atoms with E-state index in [0.29, 0.717) is 17.2 Å². The monoisotopic (exact) mass is 406 g/mol. The number of nitrogens with one attached hydrogen (secondary N) is 1.